The van der Waals surface area contributed by atoms with Gasteiger partial charge in [0.1, 0.15) is 5.82 Å². The molecule has 1 aromatic carbocycles. The molecule has 116 valence electrons. The average molecular weight is 292 g/mol. The number of amides is 1. The maximum atomic E-state index is 13.5. The van der Waals surface area contributed by atoms with Crippen LogP contribution < -0.4 is 11.1 Å². The van der Waals surface area contributed by atoms with Crippen LogP contribution in [0.15, 0.2) is 24.3 Å². The summed E-state index contributed by atoms with van der Waals surface area (Å²) in [6.45, 7) is 4.53. The van der Waals surface area contributed by atoms with Crippen LogP contribution in [0.4, 0.5) is 4.39 Å². The van der Waals surface area contributed by atoms with E-state index in [0.717, 1.165) is 37.7 Å². The number of rotatable bonds is 6. The van der Waals surface area contributed by atoms with E-state index in [9.17, 15) is 9.18 Å². The van der Waals surface area contributed by atoms with E-state index in [4.69, 9.17) is 5.73 Å². The third kappa shape index (κ3) is 3.10. The lowest BCUT2D eigenvalue weighted by atomic mass is 9.63. The fourth-order valence-electron chi connectivity index (χ4n) is 2.89. The van der Waals surface area contributed by atoms with Crippen LogP contribution in [-0.4, -0.2) is 18.0 Å². The molecule has 3 nitrogen and oxygen atoms in total. The van der Waals surface area contributed by atoms with Crippen LogP contribution in [0.5, 0.6) is 0 Å². The minimum atomic E-state index is -0.565. The van der Waals surface area contributed by atoms with Gasteiger partial charge >= 0.3 is 0 Å². The Labute approximate surface area is 126 Å². The zero-order valence-electron chi connectivity index (χ0n) is 12.9. The first-order valence-electron chi connectivity index (χ1n) is 7.79. The minimum absolute atomic E-state index is 0.0175. The molecule has 0 unspecified atom stereocenters. The average Bonchev–Trinajstić information content (AvgIpc) is 2.44. The van der Waals surface area contributed by atoms with E-state index in [1.54, 1.807) is 6.07 Å². The third-order valence-electron chi connectivity index (χ3n) is 5.03. The van der Waals surface area contributed by atoms with Crippen LogP contribution in [-0.2, 0) is 10.2 Å². The lowest BCUT2D eigenvalue weighted by Crippen LogP contribution is -2.55. The first kappa shape index (κ1) is 16.0. The van der Waals surface area contributed by atoms with Crippen molar-refractivity contribution in [1.82, 2.24) is 5.32 Å². The summed E-state index contributed by atoms with van der Waals surface area (Å²) in [5.74, 6) is -0.307. The van der Waals surface area contributed by atoms with Gasteiger partial charge in [0.15, 0.2) is 0 Å². The first-order chi connectivity index (χ1) is 9.96. The molecule has 1 aliphatic rings. The predicted molar refractivity (Wildman–Crippen MR) is 82.4 cm³/mol. The van der Waals surface area contributed by atoms with Crippen molar-refractivity contribution in [2.75, 3.05) is 6.54 Å². The molecule has 0 aliphatic heterocycles. The third-order valence-corrected chi connectivity index (χ3v) is 5.03. The number of carbonyl (C=O) groups excluding carboxylic acids is 1. The van der Waals surface area contributed by atoms with E-state index in [1.165, 1.54) is 12.1 Å². The van der Waals surface area contributed by atoms with Crippen molar-refractivity contribution in [1.29, 1.82) is 0 Å². The zero-order valence-corrected chi connectivity index (χ0v) is 12.9. The van der Waals surface area contributed by atoms with Crippen molar-refractivity contribution >= 4 is 5.91 Å². The number of carbonyl (C=O) groups is 1. The Kier molecular flexibility index (Phi) is 4.67. The molecule has 2 rings (SSSR count). The molecule has 1 fully saturated rings. The van der Waals surface area contributed by atoms with Crippen LogP contribution >= 0.6 is 0 Å². The summed E-state index contributed by atoms with van der Waals surface area (Å²) in [6.07, 6.45) is 4.18. The molecule has 0 heterocycles. The summed E-state index contributed by atoms with van der Waals surface area (Å²) in [7, 11) is 0. The molecule has 0 bridgehead atoms. The van der Waals surface area contributed by atoms with Gasteiger partial charge in [0.05, 0.1) is 5.41 Å². The lowest BCUT2D eigenvalue weighted by molar-refractivity contribution is -0.130. The highest BCUT2D eigenvalue weighted by Crippen LogP contribution is 2.44. The summed E-state index contributed by atoms with van der Waals surface area (Å²) in [5, 5.41) is 3.00. The SMILES string of the molecule is CCC(N)(CC)CNC(=O)C1(c2cccc(F)c2)CCC1. The monoisotopic (exact) mass is 292 g/mol. The van der Waals surface area contributed by atoms with Crippen molar-refractivity contribution in [3.63, 3.8) is 0 Å². The fraction of sp³-hybridized carbons (Fsp3) is 0.588. The van der Waals surface area contributed by atoms with Gasteiger partial charge in [-0.3, -0.25) is 4.79 Å². The Morgan fingerprint density at radius 1 is 1.38 bits per heavy atom. The second kappa shape index (κ2) is 6.14. The number of halogens is 1. The Morgan fingerprint density at radius 3 is 2.52 bits per heavy atom. The van der Waals surface area contributed by atoms with Gasteiger partial charge in [0.25, 0.3) is 0 Å². The first-order valence-corrected chi connectivity index (χ1v) is 7.79. The standard InChI is InChI=1S/C17H25FN2O/c1-3-16(19,4-2)12-20-15(21)17(9-6-10-17)13-7-5-8-14(18)11-13/h5,7-8,11H,3-4,6,9-10,12,19H2,1-2H3,(H,20,21). The van der Waals surface area contributed by atoms with Crippen LogP contribution in [0.3, 0.4) is 0 Å². The zero-order chi connectivity index (χ0) is 15.5. The van der Waals surface area contributed by atoms with Gasteiger partial charge in [-0.1, -0.05) is 32.4 Å². The van der Waals surface area contributed by atoms with E-state index < -0.39 is 5.41 Å². The van der Waals surface area contributed by atoms with Gasteiger partial charge in [-0.25, -0.2) is 4.39 Å². The summed E-state index contributed by atoms with van der Waals surface area (Å²) in [6, 6.07) is 6.40. The maximum absolute atomic E-state index is 13.5. The molecule has 0 aromatic heterocycles. The molecule has 4 heteroatoms. The predicted octanol–water partition coefficient (Wildman–Crippen LogP) is 2.88. The van der Waals surface area contributed by atoms with E-state index in [-0.39, 0.29) is 17.3 Å². The van der Waals surface area contributed by atoms with Crippen molar-refractivity contribution in [3.05, 3.63) is 35.6 Å². The van der Waals surface area contributed by atoms with Gasteiger partial charge in [-0.05, 0) is 43.4 Å². The minimum Gasteiger partial charge on any atom is -0.353 e. The van der Waals surface area contributed by atoms with Crippen molar-refractivity contribution in [2.24, 2.45) is 5.73 Å². The number of hydrogen-bond donors (Lipinski definition) is 2. The summed E-state index contributed by atoms with van der Waals surface area (Å²) >= 11 is 0. The Balaban J connectivity index is 2.12. The molecule has 0 spiro atoms. The van der Waals surface area contributed by atoms with Crippen LogP contribution in [0.25, 0.3) is 0 Å². The van der Waals surface area contributed by atoms with Crippen molar-refractivity contribution < 1.29 is 9.18 Å². The molecular weight excluding hydrogens is 267 g/mol. The Bertz CT molecular complexity index is 507. The normalized spacial score (nSPS) is 17.1. The van der Waals surface area contributed by atoms with Crippen LogP contribution in [0.2, 0.25) is 0 Å². The molecular formula is C17H25FN2O. The summed E-state index contributed by atoms with van der Waals surface area (Å²) in [5.41, 5.74) is 6.09. The van der Waals surface area contributed by atoms with Gasteiger partial charge in [0.2, 0.25) is 5.91 Å². The molecule has 0 atom stereocenters. The maximum Gasteiger partial charge on any atom is 0.230 e. The molecule has 0 radical (unpaired) electrons. The molecule has 1 saturated carbocycles. The largest absolute Gasteiger partial charge is 0.353 e. The Morgan fingerprint density at radius 2 is 2.05 bits per heavy atom. The fourth-order valence-corrected chi connectivity index (χ4v) is 2.89. The van der Waals surface area contributed by atoms with Crippen molar-refractivity contribution in [2.45, 2.75) is 56.9 Å². The van der Waals surface area contributed by atoms with Gasteiger partial charge < -0.3 is 11.1 Å². The van der Waals surface area contributed by atoms with Gasteiger partial charge in [0, 0.05) is 12.1 Å². The highest BCUT2D eigenvalue weighted by Gasteiger charge is 2.46. The molecule has 3 N–H and O–H groups in total. The number of hydrogen-bond acceptors (Lipinski definition) is 2. The Hall–Kier alpha value is -1.42. The van der Waals surface area contributed by atoms with E-state index >= 15 is 0 Å². The smallest absolute Gasteiger partial charge is 0.230 e. The van der Waals surface area contributed by atoms with Crippen LogP contribution in [0, 0.1) is 5.82 Å². The van der Waals surface area contributed by atoms with Crippen LogP contribution in [0.1, 0.15) is 51.5 Å². The van der Waals surface area contributed by atoms with E-state index in [1.807, 2.05) is 19.9 Å². The molecule has 1 amide bonds. The van der Waals surface area contributed by atoms with E-state index in [0.29, 0.717) is 6.54 Å². The van der Waals surface area contributed by atoms with Crippen molar-refractivity contribution in [3.8, 4) is 0 Å². The number of nitrogens with one attached hydrogen (secondary N) is 1. The lowest BCUT2D eigenvalue weighted by Gasteiger charge is -2.41. The number of nitrogens with two attached hydrogens (primary N) is 1. The summed E-state index contributed by atoms with van der Waals surface area (Å²) < 4.78 is 13.5. The topological polar surface area (TPSA) is 55.1 Å². The second-order valence-electron chi connectivity index (χ2n) is 6.20. The van der Waals surface area contributed by atoms with Gasteiger partial charge in [-0.2, -0.15) is 0 Å². The number of benzene rings is 1. The molecule has 21 heavy (non-hydrogen) atoms. The molecule has 1 aliphatic carbocycles. The summed E-state index contributed by atoms with van der Waals surface area (Å²) in [4.78, 5) is 12.6. The van der Waals surface area contributed by atoms with E-state index in [2.05, 4.69) is 5.32 Å². The van der Waals surface area contributed by atoms with Gasteiger partial charge in [-0.15, -0.1) is 0 Å². The second-order valence-corrected chi connectivity index (χ2v) is 6.20. The highest BCUT2D eigenvalue weighted by atomic mass is 19.1. The highest BCUT2D eigenvalue weighted by molar-refractivity contribution is 5.89. The quantitative estimate of drug-likeness (QED) is 0.847. The molecule has 1 aromatic rings. The molecule has 0 saturated heterocycles.